The molecule has 3 aliphatic heterocycles. The average Bonchev–Trinajstić information content (AvgIpc) is 3.37. The van der Waals surface area contributed by atoms with Crippen molar-refractivity contribution < 1.29 is 4.74 Å². The van der Waals surface area contributed by atoms with Crippen LogP contribution in [0.4, 0.5) is 0 Å². The summed E-state index contributed by atoms with van der Waals surface area (Å²) < 4.78 is 5.35. The molecule has 4 heteroatoms. The molecule has 34 heavy (non-hydrogen) atoms. The van der Waals surface area contributed by atoms with Crippen LogP contribution >= 0.6 is 0 Å². The first-order valence-corrected chi connectivity index (χ1v) is 12.5. The molecule has 0 saturated carbocycles. The molecular formula is C30H35N3O. The molecule has 0 atom stereocenters. The van der Waals surface area contributed by atoms with E-state index in [2.05, 4.69) is 99.6 Å². The topological polar surface area (TPSA) is 19.0 Å². The second kappa shape index (κ2) is 8.84. The molecule has 0 N–H and O–H groups in total. The van der Waals surface area contributed by atoms with Crippen LogP contribution in [-0.4, -0.2) is 61.1 Å². The maximum atomic E-state index is 5.35. The first-order chi connectivity index (χ1) is 16.7. The van der Waals surface area contributed by atoms with E-state index in [0.717, 1.165) is 25.4 Å². The van der Waals surface area contributed by atoms with E-state index in [1.54, 1.807) is 7.11 Å². The lowest BCUT2D eigenvalue weighted by molar-refractivity contribution is 0.153. The Balaban J connectivity index is 1.20. The molecule has 3 aromatic carbocycles. The molecule has 0 aliphatic carbocycles. The number of nitrogens with zero attached hydrogens (tertiary/aromatic N) is 3. The van der Waals surface area contributed by atoms with E-state index in [-0.39, 0.29) is 0 Å². The summed E-state index contributed by atoms with van der Waals surface area (Å²) in [7, 11) is 1.73. The van der Waals surface area contributed by atoms with E-state index < -0.39 is 0 Å². The molecule has 3 aromatic rings. The summed E-state index contributed by atoms with van der Waals surface area (Å²) in [4.78, 5) is 8.20. The largest absolute Gasteiger partial charge is 0.497 e. The summed E-state index contributed by atoms with van der Waals surface area (Å²) in [6.07, 6.45) is 0. The van der Waals surface area contributed by atoms with Crippen molar-refractivity contribution in [2.24, 2.45) is 10.8 Å². The zero-order valence-corrected chi connectivity index (χ0v) is 20.2. The summed E-state index contributed by atoms with van der Waals surface area (Å²) in [5, 5.41) is 0. The van der Waals surface area contributed by atoms with Crippen molar-refractivity contribution in [2.45, 2.75) is 19.6 Å². The van der Waals surface area contributed by atoms with E-state index in [1.165, 1.54) is 56.0 Å². The summed E-state index contributed by atoms with van der Waals surface area (Å²) >= 11 is 0. The fourth-order valence-corrected chi connectivity index (χ4v) is 7.05. The number of hydrogen-bond donors (Lipinski definition) is 0. The Kier molecular flexibility index (Phi) is 5.68. The number of ether oxygens (including phenoxy) is 1. The van der Waals surface area contributed by atoms with Crippen LogP contribution in [0.15, 0.2) is 84.9 Å². The van der Waals surface area contributed by atoms with Crippen molar-refractivity contribution >= 4 is 0 Å². The molecule has 0 bridgehead atoms. The lowest BCUT2D eigenvalue weighted by Crippen LogP contribution is -2.39. The average molecular weight is 454 g/mol. The number of likely N-dealkylation sites (tertiary alicyclic amines) is 3. The number of benzene rings is 3. The highest BCUT2D eigenvalue weighted by molar-refractivity contribution is 5.28. The fourth-order valence-electron chi connectivity index (χ4n) is 7.05. The van der Waals surface area contributed by atoms with Crippen molar-refractivity contribution in [1.29, 1.82) is 0 Å². The summed E-state index contributed by atoms with van der Waals surface area (Å²) in [6.45, 7) is 10.4. The van der Waals surface area contributed by atoms with Gasteiger partial charge >= 0.3 is 0 Å². The van der Waals surface area contributed by atoms with Crippen molar-refractivity contribution in [1.82, 2.24) is 14.7 Å². The van der Waals surface area contributed by atoms with Crippen LogP contribution in [0, 0.1) is 10.8 Å². The highest BCUT2D eigenvalue weighted by atomic mass is 16.5. The van der Waals surface area contributed by atoms with Crippen molar-refractivity contribution in [3.05, 3.63) is 102 Å². The van der Waals surface area contributed by atoms with Crippen molar-refractivity contribution in [3.63, 3.8) is 0 Å². The normalized spacial score (nSPS) is 27.1. The van der Waals surface area contributed by atoms with Gasteiger partial charge in [-0.25, -0.2) is 0 Å². The Morgan fingerprint density at radius 2 is 0.882 bits per heavy atom. The van der Waals surface area contributed by atoms with E-state index in [0.29, 0.717) is 10.8 Å². The molecule has 3 fully saturated rings. The molecule has 3 saturated heterocycles. The van der Waals surface area contributed by atoms with Crippen LogP contribution in [0.25, 0.3) is 0 Å². The van der Waals surface area contributed by atoms with Crippen LogP contribution in [0.3, 0.4) is 0 Å². The molecule has 176 valence electrons. The third-order valence-corrected chi connectivity index (χ3v) is 8.35. The van der Waals surface area contributed by atoms with Gasteiger partial charge in [-0.3, -0.25) is 14.7 Å². The lowest BCUT2D eigenvalue weighted by Gasteiger charge is -2.31. The predicted octanol–water partition coefficient (Wildman–Crippen LogP) is 4.52. The molecule has 0 unspecified atom stereocenters. The standard InChI is InChI=1S/C30H35N3O/c1-34-28-14-12-27(13-15-28)18-33-23-29-19-31(16-25-8-4-2-5-9-25)20-30(29,24-33)22-32(21-29)17-26-10-6-3-7-11-26/h2-15H,16-24H2,1H3. The molecular weight excluding hydrogens is 418 g/mol. The number of hydrogen-bond acceptors (Lipinski definition) is 4. The highest BCUT2D eigenvalue weighted by Crippen LogP contribution is 2.57. The van der Waals surface area contributed by atoms with Gasteiger partial charge in [0, 0.05) is 69.7 Å². The Morgan fingerprint density at radius 3 is 1.24 bits per heavy atom. The first kappa shape index (κ1) is 21.8. The lowest BCUT2D eigenvalue weighted by atomic mass is 9.71. The molecule has 3 aliphatic rings. The number of rotatable bonds is 7. The van der Waals surface area contributed by atoms with E-state index in [4.69, 9.17) is 4.74 Å². The van der Waals surface area contributed by atoms with Gasteiger partial charge in [0.05, 0.1) is 7.11 Å². The van der Waals surface area contributed by atoms with Gasteiger partial charge < -0.3 is 4.74 Å². The minimum atomic E-state index is 0.350. The third kappa shape index (κ3) is 4.04. The molecule has 0 radical (unpaired) electrons. The Bertz CT molecular complexity index is 1020. The van der Waals surface area contributed by atoms with Gasteiger partial charge in [-0.2, -0.15) is 0 Å². The Morgan fingerprint density at radius 1 is 0.529 bits per heavy atom. The molecule has 6 rings (SSSR count). The molecule has 0 amide bonds. The Labute approximate surface area is 203 Å². The molecule has 0 spiro atoms. The Hall–Kier alpha value is -2.66. The van der Waals surface area contributed by atoms with Gasteiger partial charge in [-0.05, 0) is 28.8 Å². The fraction of sp³-hybridized carbons (Fsp3) is 0.400. The van der Waals surface area contributed by atoms with E-state index in [1.807, 2.05) is 0 Å². The van der Waals surface area contributed by atoms with Gasteiger partial charge in [-0.1, -0.05) is 72.8 Å². The molecule has 3 heterocycles. The van der Waals surface area contributed by atoms with E-state index in [9.17, 15) is 0 Å². The summed E-state index contributed by atoms with van der Waals surface area (Å²) in [5.41, 5.74) is 4.95. The number of methoxy groups -OCH3 is 1. The van der Waals surface area contributed by atoms with Crippen LogP contribution in [0.2, 0.25) is 0 Å². The van der Waals surface area contributed by atoms with Crippen molar-refractivity contribution in [2.75, 3.05) is 46.4 Å². The zero-order valence-electron chi connectivity index (χ0n) is 20.2. The SMILES string of the molecule is COc1ccc(CN2CC34CN(Cc5ccccc5)CC3(CN(Cc3ccccc3)C4)C2)cc1. The predicted molar refractivity (Wildman–Crippen MR) is 137 cm³/mol. The summed E-state index contributed by atoms with van der Waals surface area (Å²) in [6, 6.07) is 30.6. The van der Waals surface area contributed by atoms with Crippen LogP contribution < -0.4 is 4.74 Å². The van der Waals surface area contributed by atoms with Crippen LogP contribution in [0.5, 0.6) is 5.75 Å². The monoisotopic (exact) mass is 453 g/mol. The minimum Gasteiger partial charge on any atom is -0.497 e. The van der Waals surface area contributed by atoms with Gasteiger partial charge in [0.1, 0.15) is 5.75 Å². The second-order valence-corrected chi connectivity index (χ2v) is 10.8. The quantitative estimate of drug-likeness (QED) is 0.524. The third-order valence-electron chi connectivity index (χ3n) is 8.35. The first-order valence-electron chi connectivity index (χ1n) is 12.5. The zero-order chi connectivity index (χ0) is 23.0. The van der Waals surface area contributed by atoms with Gasteiger partial charge in [-0.15, -0.1) is 0 Å². The van der Waals surface area contributed by atoms with Gasteiger partial charge in [0.15, 0.2) is 0 Å². The van der Waals surface area contributed by atoms with Crippen molar-refractivity contribution in [3.8, 4) is 5.75 Å². The summed E-state index contributed by atoms with van der Waals surface area (Å²) in [5.74, 6) is 0.934. The van der Waals surface area contributed by atoms with Crippen LogP contribution in [0.1, 0.15) is 16.7 Å². The van der Waals surface area contributed by atoms with E-state index >= 15 is 0 Å². The molecule has 4 nitrogen and oxygen atoms in total. The van der Waals surface area contributed by atoms with Gasteiger partial charge in [0.2, 0.25) is 0 Å². The second-order valence-electron chi connectivity index (χ2n) is 10.8. The minimum absolute atomic E-state index is 0.350. The smallest absolute Gasteiger partial charge is 0.118 e. The van der Waals surface area contributed by atoms with Crippen LogP contribution in [-0.2, 0) is 19.6 Å². The maximum Gasteiger partial charge on any atom is 0.118 e. The van der Waals surface area contributed by atoms with Gasteiger partial charge in [0.25, 0.3) is 0 Å². The molecule has 0 aromatic heterocycles. The maximum absolute atomic E-state index is 5.35. The highest BCUT2D eigenvalue weighted by Gasteiger charge is 2.66.